The highest BCUT2D eigenvalue weighted by Crippen LogP contribution is 2.17. The molecule has 0 spiro atoms. The summed E-state index contributed by atoms with van der Waals surface area (Å²) in [6, 6.07) is 0. The van der Waals surface area contributed by atoms with Gasteiger partial charge in [0.05, 0.1) is 6.10 Å². The van der Waals surface area contributed by atoms with Crippen LogP contribution < -0.4 is 0 Å². The molecule has 0 fully saturated rings. The van der Waals surface area contributed by atoms with E-state index in [0.29, 0.717) is 12.8 Å². The van der Waals surface area contributed by atoms with Crippen molar-refractivity contribution >= 4 is 0 Å². The van der Waals surface area contributed by atoms with Crippen LogP contribution in [0.2, 0.25) is 0 Å². The average Bonchev–Trinajstić information content (AvgIpc) is 2.00. The Morgan fingerprint density at radius 3 is 1.92 bits per heavy atom. The predicted molar refractivity (Wildman–Crippen MR) is 45.4 cm³/mol. The zero-order valence-corrected chi connectivity index (χ0v) is 7.31. The highest BCUT2D eigenvalue weighted by atomic mass is 19.4. The Morgan fingerprint density at radius 1 is 1.15 bits per heavy atom. The highest BCUT2D eigenvalue weighted by Gasteiger charge is 2.28. The second kappa shape index (κ2) is 5.80. The van der Waals surface area contributed by atoms with E-state index in [1.165, 1.54) is 12.2 Å². The molecule has 0 bridgehead atoms. The molecular formula is C9H13F3O. The molecule has 0 aromatic carbocycles. The summed E-state index contributed by atoms with van der Waals surface area (Å²) in [6.45, 7) is 5.65. The molecule has 13 heavy (non-hydrogen) atoms. The van der Waals surface area contributed by atoms with Gasteiger partial charge in [-0.3, -0.25) is 0 Å². The zero-order chi connectivity index (χ0) is 10.3. The first-order chi connectivity index (χ1) is 5.99. The fourth-order valence-electron chi connectivity index (χ4n) is 0.816. The minimum atomic E-state index is -4.26. The molecule has 0 N–H and O–H groups in total. The van der Waals surface area contributed by atoms with Crippen LogP contribution in [0.4, 0.5) is 13.2 Å². The van der Waals surface area contributed by atoms with Crippen LogP contribution in [0.25, 0.3) is 0 Å². The Balaban J connectivity index is 3.80. The first-order valence-corrected chi connectivity index (χ1v) is 3.89. The second-order valence-electron chi connectivity index (χ2n) is 2.60. The summed E-state index contributed by atoms with van der Waals surface area (Å²) < 4.78 is 39.8. The molecule has 1 nitrogen and oxygen atoms in total. The predicted octanol–water partition coefficient (Wildman–Crippen LogP) is 3.09. The van der Waals surface area contributed by atoms with E-state index in [1.54, 1.807) is 0 Å². The van der Waals surface area contributed by atoms with E-state index in [2.05, 4.69) is 17.9 Å². The molecule has 0 aliphatic heterocycles. The van der Waals surface area contributed by atoms with Gasteiger partial charge in [0.1, 0.15) is 6.61 Å². The molecule has 0 rings (SSSR count). The summed E-state index contributed by atoms with van der Waals surface area (Å²) in [5, 5.41) is 0. The van der Waals surface area contributed by atoms with Gasteiger partial charge in [-0.2, -0.15) is 13.2 Å². The first kappa shape index (κ1) is 12.2. The van der Waals surface area contributed by atoms with Crippen LogP contribution in [0, 0.1) is 0 Å². The van der Waals surface area contributed by atoms with Gasteiger partial charge < -0.3 is 4.74 Å². The number of ether oxygens (including phenoxy) is 1. The minimum absolute atomic E-state index is 0.405. The van der Waals surface area contributed by atoms with E-state index in [0.717, 1.165) is 0 Å². The quantitative estimate of drug-likeness (QED) is 0.590. The van der Waals surface area contributed by atoms with E-state index < -0.39 is 18.9 Å². The van der Waals surface area contributed by atoms with E-state index in [1.807, 2.05) is 0 Å². The summed E-state index contributed by atoms with van der Waals surface area (Å²) in [4.78, 5) is 0. The number of halogens is 3. The van der Waals surface area contributed by atoms with Crippen molar-refractivity contribution in [2.45, 2.75) is 25.1 Å². The van der Waals surface area contributed by atoms with E-state index in [-0.39, 0.29) is 0 Å². The van der Waals surface area contributed by atoms with E-state index >= 15 is 0 Å². The number of rotatable bonds is 6. The topological polar surface area (TPSA) is 9.23 Å². The fraction of sp³-hybridized carbons (Fsp3) is 0.556. The molecule has 0 saturated carbocycles. The van der Waals surface area contributed by atoms with Crippen molar-refractivity contribution in [3.05, 3.63) is 25.3 Å². The molecule has 0 radical (unpaired) electrons. The minimum Gasteiger partial charge on any atom is -0.368 e. The van der Waals surface area contributed by atoms with Gasteiger partial charge in [0.2, 0.25) is 0 Å². The Labute approximate surface area is 75.9 Å². The largest absolute Gasteiger partial charge is 0.411 e. The van der Waals surface area contributed by atoms with Crippen LogP contribution in [-0.2, 0) is 4.74 Å². The Kier molecular flexibility index (Phi) is 5.46. The van der Waals surface area contributed by atoms with Crippen molar-refractivity contribution in [3.8, 4) is 0 Å². The lowest BCUT2D eigenvalue weighted by Crippen LogP contribution is -2.22. The summed E-state index contributed by atoms with van der Waals surface area (Å²) in [7, 11) is 0. The van der Waals surface area contributed by atoms with Crippen molar-refractivity contribution in [1.82, 2.24) is 0 Å². The van der Waals surface area contributed by atoms with Crippen LogP contribution >= 0.6 is 0 Å². The molecule has 0 aromatic rings. The number of alkyl halides is 3. The summed E-state index contributed by atoms with van der Waals surface area (Å²) >= 11 is 0. The lowest BCUT2D eigenvalue weighted by Gasteiger charge is -2.15. The van der Waals surface area contributed by atoms with Gasteiger partial charge in [0.25, 0.3) is 0 Å². The summed E-state index contributed by atoms with van der Waals surface area (Å²) in [6.07, 6.45) is -0.850. The standard InChI is InChI=1S/C9H13F3O/c1-3-5-8(6-4-2)13-7-9(10,11)12/h3-4,8H,1-2,5-7H2. The van der Waals surface area contributed by atoms with Crippen molar-refractivity contribution in [1.29, 1.82) is 0 Å². The SMILES string of the molecule is C=CCC(CC=C)OCC(F)(F)F. The lowest BCUT2D eigenvalue weighted by atomic mass is 10.2. The molecule has 0 saturated heterocycles. The van der Waals surface area contributed by atoms with Crippen molar-refractivity contribution in [2.24, 2.45) is 0 Å². The Hall–Kier alpha value is -0.770. The maximum atomic E-state index is 11.7. The van der Waals surface area contributed by atoms with Crippen LogP contribution in [0.1, 0.15) is 12.8 Å². The van der Waals surface area contributed by atoms with Gasteiger partial charge in [0, 0.05) is 0 Å². The normalized spacial score (nSPS) is 11.7. The maximum Gasteiger partial charge on any atom is 0.411 e. The summed E-state index contributed by atoms with van der Waals surface area (Å²) in [5.74, 6) is 0. The van der Waals surface area contributed by atoms with Gasteiger partial charge in [-0.05, 0) is 12.8 Å². The molecule has 0 atom stereocenters. The monoisotopic (exact) mass is 194 g/mol. The van der Waals surface area contributed by atoms with Gasteiger partial charge in [0.15, 0.2) is 0 Å². The van der Waals surface area contributed by atoms with Crippen molar-refractivity contribution in [2.75, 3.05) is 6.61 Å². The molecule has 0 heterocycles. The third-order valence-electron chi connectivity index (χ3n) is 1.34. The number of hydrogen-bond acceptors (Lipinski definition) is 1. The summed E-state index contributed by atoms with van der Waals surface area (Å²) in [5.41, 5.74) is 0. The Morgan fingerprint density at radius 2 is 1.62 bits per heavy atom. The van der Waals surface area contributed by atoms with Gasteiger partial charge >= 0.3 is 6.18 Å². The third-order valence-corrected chi connectivity index (χ3v) is 1.34. The third kappa shape index (κ3) is 7.59. The van der Waals surface area contributed by atoms with E-state index in [9.17, 15) is 13.2 Å². The van der Waals surface area contributed by atoms with Crippen molar-refractivity contribution in [3.63, 3.8) is 0 Å². The van der Waals surface area contributed by atoms with Crippen LogP contribution in [0.3, 0.4) is 0 Å². The highest BCUT2D eigenvalue weighted by molar-refractivity contribution is 4.80. The maximum absolute atomic E-state index is 11.7. The molecule has 0 aromatic heterocycles. The fourth-order valence-corrected chi connectivity index (χ4v) is 0.816. The van der Waals surface area contributed by atoms with Crippen molar-refractivity contribution < 1.29 is 17.9 Å². The van der Waals surface area contributed by atoms with Gasteiger partial charge in [-0.1, -0.05) is 12.2 Å². The molecule has 4 heteroatoms. The second-order valence-corrected chi connectivity index (χ2v) is 2.60. The van der Waals surface area contributed by atoms with E-state index in [4.69, 9.17) is 0 Å². The molecular weight excluding hydrogens is 181 g/mol. The molecule has 0 unspecified atom stereocenters. The first-order valence-electron chi connectivity index (χ1n) is 3.89. The average molecular weight is 194 g/mol. The zero-order valence-electron chi connectivity index (χ0n) is 7.31. The lowest BCUT2D eigenvalue weighted by molar-refractivity contribution is -0.184. The Bertz CT molecular complexity index is 153. The van der Waals surface area contributed by atoms with Gasteiger partial charge in [-0.25, -0.2) is 0 Å². The molecule has 0 aliphatic carbocycles. The smallest absolute Gasteiger partial charge is 0.368 e. The van der Waals surface area contributed by atoms with Gasteiger partial charge in [-0.15, -0.1) is 13.2 Å². The molecule has 76 valence electrons. The van der Waals surface area contributed by atoms with Crippen LogP contribution in [0.15, 0.2) is 25.3 Å². The van der Waals surface area contributed by atoms with Crippen LogP contribution in [-0.4, -0.2) is 18.9 Å². The molecule has 0 aliphatic rings. The number of hydrogen-bond donors (Lipinski definition) is 0. The van der Waals surface area contributed by atoms with Crippen LogP contribution in [0.5, 0.6) is 0 Å². The molecule has 0 amide bonds.